The molecule has 0 amide bonds. The van der Waals surface area contributed by atoms with Crippen molar-refractivity contribution in [1.29, 1.82) is 0 Å². The van der Waals surface area contributed by atoms with Gasteiger partial charge in [-0.25, -0.2) is 8.42 Å². The number of aromatic amines is 1. The van der Waals surface area contributed by atoms with Crippen molar-refractivity contribution in [2.75, 3.05) is 17.6 Å². The first-order valence-electron chi connectivity index (χ1n) is 8.96. The van der Waals surface area contributed by atoms with Crippen LogP contribution in [0.5, 0.6) is 0 Å². The highest BCUT2D eigenvalue weighted by molar-refractivity contribution is 7.92. The summed E-state index contributed by atoms with van der Waals surface area (Å²) in [5.41, 5.74) is 1.78. The van der Waals surface area contributed by atoms with Gasteiger partial charge in [0.1, 0.15) is 0 Å². The van der Waals surface area contributed by atoms with Crippen molar-refractivity contribution in [3.8, 4) is 0 Å². The summed E-state index contributed by atoms with van der Waals surface area (Å²) in [5.74, 6) is -0.258. The topological polar surface area (TPSA) is 82.2 Å². The Morgan fingerprint density at radius 1 is 1.14 bits per heavy atom. The van der Waals surface area contributed by atoms with E-state index in [0.29, 0.717) is 29.6 Å². The number of sulfonamides is 1. The molecule has 2 aromatic carbocycles. The molecule has 0 saturated heterocycles. The molecule has 3 rings (SSSR count). The average molecular weight is 426 g/mol. The van der Waals surface area contributed by atoms with Crippen LogP contribution in [0.3, 0.4) is 0 Å². The Morgan fingerprint density at radius 2 is 1.83 bits per heavy atom. The number of para-hydroxylation sites is 1. The van der Waals surface area contributed by atoms with Gasteiger partial charge in [0.25, 0.3) is 0 Å². The predicted molar refractivity (Wildman–Crippen MR) is 106 cm³/mol. The Bertz CT molecular complexity index is 1090. The number of hydrogen-bond donors (Lipinski definition) is 3. The lowest BCUT2D eigenvalue weighted by molar-refractivity contribution is -0.137. The van der Waals surface area contributed by atoms with E-state index in [-0.39, 0.29) is 12.5 Å². The van der Waals surface area contributed by atoms with Crippen molar-refractivity contribution in [2.24, 2.45) is 0 Å². The van der Waals surface area contributed by atoms with Crippen molar-refractivity contribution in [2.45, 2.75) is 24.9 Å². The van der Waals surface area contributed by atoms with Crippen molar-refractivity contribution in [3.63, 3.8) is 0 Å². The molecule has 0 spiro atoms. The minimum atomic E-state index is -4.41. The van der Waals surface area contributed by atoms with E-state index in [1.165, 1.54) is 12.1 Å². The summed E-state index contributed by atoms with van der Waals surface area (Å²) < 4.78 is 64.4. The predicted octanol–water partition coefficient (Wildman–Crippen LogP) is 4.46. The van der Waals surface area contributed by atoms with Crippen molar-refractivity contribution in [3.05, 3.63) is 65.4 Å². The zero-order chi connectivity index (χ0) is 21.2. The summed E-state index contributed by atoms with van der Waals surface area (Å²) in [6.07, 6.45) is -0.621. The van der Waals surface area contributed by atoms with E-state index in [2.05, 4.69) is 9.71 Å². The van der Waals surface area contributed by atoms with E-state index in [1.807, 2.05) is 6.07 Å². The second-order valence-corrected chi connectivity index (χ2v) is 8.63. The number of aliphatic hydroxyl groups excluding tert-OH is 1. The highest BCUT2D eigenvalue weighted by Crippen LogP contribution is 2.37. The van der Waals surface area contributed by atoms with Gasteiger partial charge < -0.3 is 10.1 Å². The Morgan fingerprint density at radius 3 is 2.41 bits per heavy atom. The van der Waals surface area contributed by atoms with Crippen LogP contribution in [0.2, 0.25) is 0 Å². The summed E-state index contributed by atoms with van der Waals surface area (Å²) in [6.45, 7) is -0.0413. The Balaban J connectivity index is 2.05. The molecule has 9 heteroatoms. The van der Waals surface area contributed by atoms with Crippen LogP contribution in [0.4, 0.5) is 18.9 Å². The Kier molecular flexibility index (Phi) is 5.90. The number of rotatable bonds is 7. The number of halogens is 3. The number of hydrogen-bond acceptors (Lipinski definition) is 3. The Hall–Kier alpha value is -2.52. The lowest BCUT2D eigenvalue weighted by atomic mass is 9.87. The molecule has 0 radical (unpaired) electrons. The zero-order valence-corrected chi connectivity index (χ0v) is 16.4. The van der Waals surface area contributed by atoms with Gasteiger partial charge in [-0.2, -0.15) is 13.2 Å². The molecule has 0 aliphatic rings. The molecule has 156 valence electrons. The first-order chi connectivity index (χ1) is 13.6. The van der Waals surface area contributed by atoms with E-state index in [1.54, 1.807) is 18.3 Å². The van der Waals surface area contributed by atoms with Gasteiger partial charge in [0, 0.05) is 24.1 Å². The highest BCUT2D eigenvalue weighted by Gasteiger charge is 2.30. The van der Waals surface area contributed by atoms with Crippen molar-refractivity contribution < 1.29 is 26.7 Å². The minimum Gasteiger partial charge on any atom is -0.396 e. The van der Waals surface area contributed by atoms with Crippen LogP contribution in [-0.4, -0.2) is 31.4 Å². The third-order valence-electron chi connectivity index (χ3n) is 4.71. The fourth-order valence-electron chi connectivity index (χ4n) is 3.45. The van der Waals surface area contributed by atoms with Gasteiger partial charge in [0.2, 0.25) is 10.0 Å². The van der Waals surface area contributed by atoms with Crippen LogP contribution in [0.1, 0.15) is 35.4 Å². The standard InChI is InChI=1S/C20H21F3N2O3S/c1-29(27,28)25-18-6-2-4-16-17(12-24-19(16)18)15(5-3-11-26)13-7-9-14(10-8-13)20(21,22)23/h2,4,6-10,12,15,24-26H,3,5,11H2,1H3. The van der Waals surface area contributed by atoms with Gasteiger partial charge in [-0.3, -0.25) is 4.72 Å². The number of aromatic nitrogens is 1. The number of anilines is 1. The highest BCUT2D eigenvalue weighted by atomic mass is 32.2. The monoisotopic (exact) mass is 426 g/mol. The van der Waals surface area contributed by atoms with E-state index in [0.717, 1.165) is 29.3 Å². The lowest BCUT2D eigenvalue weighted by Gasteiger charge is -2.18. The molecule has 5 nitrogen and oxygen atoms in total. The quantitative estimate of drug-likeness (QED) is 0.522. The average Bonchev–Trinajstić information content (AvgIpc) is 3.06. The van der Waals surface area contributed by atoms with Gasteiger partial charge in [0.05, 0.1) is 23.0 Å². The van der Waals surface area contributed by atoms with E-state index < -0.39 is 21.8 Å². The third kappa shape index (κ3) is 4.91. The molecule has 3 N–H and O–H groups in total. The van der Waals surface area contributed by atoms with Gasteiger partial charge in [-0.1, -0.05) is 24.3 Å². The number of benzene rings is 2. The molecular formula is C20H21F3N2O3S. The molecule has 1 atom stereocenters. The van der Waals surface area contributed by atoms with Crippen LogP contribution in [0.15, 0.2) is 48.7 Å². The molecule has 0 aliphatic carbocycles. The third-order valence-corrected chi connectivity index (χ3v) is 5.30. The van der Waals surface area contributed by atoms with E-state index in [4.69, 9.17) is 0 Å². The first kappa shape index (κ1) is 21.2. The van der Waals surface area contributed by atoms with Crippen molar-refractivity contribution in [1.82, 2.24) is 4.98 Å². The molecule has 0 saturated carbocycles. The number of fused-ring (bicyclic) bond motifs is 1. The molecule has 3 aromatic rings. The molecule has 29 heavy (non-hydrogen) atoms. The summed E-state index contributed by atoms with van der Waals surface area (Å²) in [5, 5.41) is 10.0. The van der Waals surface area contributed by atoms with Gasteiger partial charge in [-0.15, -0.1) is 0 Å². The SMILES string of the molecule is CS(=O)(=O)Nc1cccc2c(C(CCCO)c3ccc(C(F)(F)F)cc3)c[nH]c12. The van der Waals surface area contributed by atoms with E-state index in [9.17, 15) is 26.7 Å². The summed E-state index contributed by atoms with van der Waals surface area (Å²) in [7, 11) is -3.47. The van der Waals surface area contributed by atoms with Crippen LogP contribution in [0.25, 0.3) is 10.9 Å². The molecular weight excluding hydrogens is 405 g/mol. The molecule has 1 heterocycles. The molecule has 1 unspecified atom stereocenters. The summed E-state index contributed by atoms with van der Waals surface area (Å²) in [4.78, 5) is 3.07. The van der Waals surface area contributed by atoms with Crippen molar-refractivity contribution >= 4 is 26.6 Å². The number of H-pyrrole nitrogens is 1. The minimum absolute atomic E-state index is 0.0413. The van der Waals surface area contributed by atoms with E-state index >= 15 is 0 Å². The largest absolute Gasteiger partial charge is 0.416 e. The smallest absolute Gasteiger partial charge is 0.396 e. The fraction of sp³-hybridized carbons (Fsp3) is 0.300. The van der Waals surface area contributed by atoms with Crippen LogP contribution < -0.4 is 4.72 Å². The summed E-state index contributed by atoms with van der Waals surface area (Å²) in [6, 6.07) is 10.2. The van der Waals surface area contributed by atoms with Crippen LogP contribution >= 0.6 is 0 Å². The molecule has 0 fully saturated rings. The first-order valence-corrected chi connectivity index (χ1v) is 10.8. The maximum Gasteiger partial charge on any atom is 0.416 e. The van der Waals surface area contributed by atoms with Gasteiger partial charge in [0.15, 0.2) is 0 Å². The van der Waals surface area contributed by atoms with Gasteiger partial charge >= 0.3 is 6.18 Å². The molecule has 0 bridgehead atoms. The maximum atomic E-state index is 12.9. The Labute approximate surface area is 166 Å². The second kappa shape index (κ2) is 8.08. The summed E-state index contributed by atoms with van der Waals surface area (Å²) >= 11 is 0. The van der Waals surface area contributed by atoms with Crippen LogP contribution in [0, 0.1) is 0 Å². The zero-order valence-electron chi connectivity index (χ0n) is 15.6. The van der Waals surface area contributed by atoms with Crippen LogP contribution in [-0.2, 0) is 16.2 Å². The number of aliphatic hydroxyl groups is 1. The number of alkyl halides is 3. The molecule has 1 aromatic heterocycles. The normalized spacial score (nSPS) is 13.6. The fourth-order valence-corrected chi connectivity index (χ4v) is 4.02. The lowest BCUT2D eigenvalue weighted by Crippen LogP contribution is -2.09. The second-order valence-electron chi connectivity index (χ2n) is 6.88. The number of nitrogens with one attached hydrogen (secondary N) is 2. The van der Waals surface area contributed by atoms with Gasteiger partial charge in [-0.05, 0) is 42.2 Å². The maximum absolute atomic E-state index is 12.9. The molecule has 0 aliphatic heterocycles.